The zero-order valence-electron chi connectivity index (χ0n) is 11.3. The van der Waals surface area contributed by atoms with Crippen LogP contribution in [0.5, 0.6) is 0 Å². The van der Waals surface area contributed by atoms with Gasteiger partial charge in [0.05, 0.1) is 12.6 Å². The van der Waals surface area contributed by atoms with Gasteiger partial charge in [0, 0.05) is 31.6 Å². The molecule has 1 heterocycles. The van der Waals surface area contributed by atoms with Crippen molar-refractivity contribution in [3.8, 4) is 6.07 Å². The lowest BCUT2D eigenvalue weighted by molar-refractivity contribution is -0.144. The van der Waals surface area contributed by atoms with Crippen LogP contribution < -0.4 is 0 Å². The zero-order valence-corrected chi connectivity index (χ0v) is 11.3. The number of nitrogens with zero attached hydrogens (tertiary/aromatic N) is 3. The van der Waals surface area contributed by atoms with Crippen molar-refractivity contribution in [2.45, 2.75) is 39.0 Å². The van der Waals surface area contributed by atoms with Gasteiger partial charge in [-0.15, -0.1) is 0 Å². The van der Waals surface area contributed by atoms with E-state index in [1.54, 1.807) is 0 Å². The summed E-state index contributed by atoms with van der Waals surface area (Å²) in [6.45, 7) is 5.92. The average molecular weight is 249 g/mol. The van der Waals surface area contributed by atoms with Gasteiger partial charge in [-0.1, -0.05) is 19.8 Å². The van der Waals surface area contributed by atoms with Crippen LogP contribution >= 0.6 is 0 Å². The highest BCUT2D eigenvalue weighted by atomic mass is 16.2. The molecule has 0 aromatic rings. The van der Waals surface area contributed by atoms with E-state index in [0.717, 1.165) is 45.4 Å². The van der Waals surface area contributed by atoms with Crippen LogP contribution in [0.4, 0.5) is 0 Å². The van der Waals surface area contributed by atoms with Crippen LogP contribution in [0.3, 0.4) is 0 Å². The molecule has 2 aliphatic rings. The Morgan fingerprint density at radius 3 is 2.33 bits per heavy atom. The lowest BCUT2D eigenvalue weighted by Gasteiger charge is -2.39. The average Bonchev–Trinajstić information content (AvgIpc) is 2.89. The summed E-state index contributed by atoms with van der Waals surface area (Å²) >= 11 is 0. The Kier molecular flexibility index (Phi) is 4.23. The fourth-order valence-electron chi connectivity index (χ4n) is 3.31. The van der Waals surface area contributed by atoms with E-state index in [2.05, 4.69) is 17.9 Å². The number of carbonyl (C=O) groups is 1. The molecule has 18 heavy (non-hydrogen) atoms. The van der Waals surface area contributed by atoms with Crippen LogP contribution in [0.1, 0.15) is 39.0 Å². The fraction of sp³-hybridized carbons (Fsp3) is 0.857. The third-order valence-corrected chi connectivity index (χ3v) is 4.64. The topological polar surface area (TPSA) is 47.3 Å². The van der Waals surface area contributed by atoms with Gasteiger partial charge in [-0.05, 0) is 19.3 Å². The second kappa shape index (κ2) is 5.71. The second-order valence-corrected chi connectivity index (χ2v) is 5.57. The van der Waals surface area contributed by atoms with E-state index in [0.29, 0.717) is 12.5 Å². The highest BCUT2D eigenvalue weighted by molar-refractivity contribution is 5.83. The molecule has 2 rings (SSSR count). The molecule has 0 atom stereocenters. The van der Waals surface area contributed by atoms with E-state index >= 15 is 0 Å². The molecule has 1 saturated heterocycles. The molecule has 1 amide bonds. The Morgan fingerprint density at radius 2 is 1.83 bits per heavy atom. The van der Waals surface area contributed by atoms with Crippen LogP contribution in [0.2, 0.25) is 0 Å². The summed E-state index contributed by atoms with van der Waals surface area (Å²) < 4.78 is 0. The predicted molar refractivity (Wildman–Crippen MR) is 69.8 cm³/mol. The summed E-state index contributed by atoms with van der Waals surface area (Å²) in [6.07, 6.45) is 5.52. The number of rotatable bonds is 3. The SMILES string of the molecule is CCC1(C(=O)N2CCN(CC#N)CC2)CCCC1. The number of hydrogen-bond donors (Lipinski definition) is 0. The highest BCUT2D eigenvalue weighted by Crippen LogP contribution is 2.42. The summed E-state index contributed by atoms with van der Waals surface area (Å²) in [5.41, 5.74) is -0.0581. The minimum Gasteiger partial charge on any atom is -0.340 e. The molecule has 4 nitrogen and oxygen atoms in total. The van der Waals surface area contributed by atoms with Gasteiger partial charge in [0.15, 0.2) is 0 Å². The molecule has 1 aliphatic carbocycles. The van der Waals surface area contributed by atoms with Gasteiger partial charge < -0.3 is 4.90 Å². The Balaban J connectivity index is 1.93. The van der Waals surface area contributed by atoms with Gasteiger partial charge in [0.25, 0.3) is 0 Å². The maximum atomic E-state index is 12.7. The van der Waals surface area contributed by atoms with E-state index in [1.807, 2.05) is 4.90 Å². The van der Waals surface area contributed by atoms with Crippen molar-refractivity contribution >= 4 is 5.91 Å². The largest absolute Gasteiger partial charge is 0.340 e. The first-order valence-electron chi connectivity index (χ1n) is 7.10. The van der Waals surface area contributed by atoms with E-state index in [4.69, 9.17) is 5.26 Å². The van der Waals surface area contributed by atoms with E-state index in [-0.39, 0.29) is 5.41 Å². The third kappa shape index (κ3) is 2.51. The number of carbonyl (C=O) groups excluding carboxylic acids is 1. The molecule has 1 saturated carbocycles. The molecule has 1 aliphatic heterocycles. The van der Waals surface area contributed by atoms with Crippen molar-refractivity contribution in [1.29, 1.82) is 5.26 Å². The number of amides is 1. The summed E-state index contributed by atoms with van der Waals surface area (Å²) in [5.74, 6) is 0.374. The smallest absolute Gasteiger partial charge is 0.228 e. The zero-order chi connectivity index (χ0) is 13.0. The van der Waals surface area contributed by atoms with E-state index in [1.165, 1.54) is 12.8 Å². The van der Waals surface area contributed by atoms with Crippen molar-refractivity contribution in [1.82, 2.24) is 9.80 Å². The van der Waals surface area contributed by atoms with E-state index < -0.39 is 0 Å². The number of piperazine rings is 1. The van der Waals surface area contributed by atoms with Gasteiger partial charge >= 0.3 is 0 Å². The molecular formula is C14H23N3O. The summed E-state index contributed by atoms with van der Waals surface area (Å²) in [7, 11) is 0. The van der Waals surface area contributed by atoms with Crippen LogP contribution in [0.25, 0.3) is 0 Å². The maximum Gasteiger partial charge on any atom is 0.228 e. The van der Waals surface area contributed by atoms with Crippen LogP contribution in [0.15, 0.2) is 0 Å². The summed E-state index contributed by atoms with van der Waals surface area (Å²) in [6, 6.07) is 2.18. The standard InChI is InChI=1S/C14H23N3O/c1-2-14(5-3-4-6-14)13(18)17-11-9-16(8-7-15)10-12-17/h2-6,8-12H2,1H3. The first kappa shape index (κ1) is 13.4. The van der Waals surface area contributed by atoms with Gasteiger partial charge in [-0.3, -0.25) is 9.69 Å². The quantitative estimate of drug-likeness (QED) is 0.714. The Labute approximate surface area is 110 Å². The highest BCUT2D eigenvalue weighted by Gasteiger charge is 2.42. The van der Waals surface area contributed by atoms with Crippen molar-refractivity contribution < 1.29 is 4.79 Å². The van der Waals surface area contributed by atoms with E-state index in [9.17, 15) is 4.79 Å². The monoisotopic (exact) mass is 249 g/mol. The minimum atomic E-state index is -0.0581. The minimum absolute atomic E-state index is 0.0581. The van der Waals surface area contributed by atoms with Gasteiger partial charge in [-0.2, -0.15) is 5.26 Å². The first-order chi connectivity index (χ1) is 8.72. The molecule has 2 fully saturated rings. The molecule has 0 spiro atoms. The van der Waals surface area contributed by atoms with Gasteiger partial charge in [0.1, 0.15) is 0 Å². The maximum absolute atomic E-state index is 12.7. The lowest BCUT2D eigenvalue weighted by Crippen LogP contribution is -2.52. The molecule has 0 radical (unpaired) electrons. The number of hydrogen-bond acceptors (Lipinski definition) is 3. The molecule has 0 unspecified atom stereocenters. The molecule has 0 aromatic carbocycles. The van der Waals surface area contributed by atoms with Crippen LogP contribution in [0, 0.1) is 16.7 Å². The molecule has 0 aromatic heterocycles. The Morgan fingerprint density at radius 1 is 1.22 bits per heavy atom. The van der Waals surface area contributed by atoms with Crippen molar-refractivity contribution in [3.63, 3.8) is 0 Å². The number of nitriles is 1. The fourth-order valence-corrected chi connectivity index (χ4v) is 3.31. The van der Waals surface area contributed by atoms with Gasteiger partial charge in [-0.25, -0.2) is 0 Å². The third-order valence-electron chi connectivity index (χ3n) is 4.64. The Bertz CT molecular complexity index is 333. The normalized spacial score (nSPS) is 23.9. The first-order valence-corrected chi connectivity index (χ1v) is 7.10. The molecule has 0 bridgehead atoms. The van der Waals surface area contributed by atoms with Crippen molar-refractivity contribution in [2.75, 3.05) is 32.7 Å². The predicted octanol–water partition coefficient (Wildman–Crippen LogP) is 1.62. The van der Waals surface area contributed by atoms with Crippen molar-refractivity contribution in [2.24, 2.45) is 5.41 Å². The summed E-state index contributed by atoms with van der Waals surface area (Å²) in [5, 5.41) is 8.67. The second-order valence-electron chi connectivity index (χ2n) is 5.57. The van der Waals surface area contributed by atoms with Crippen LogP contribution in [-0.2, 0) is 4.79 Å². The lowest BCUT2D eigenvalue weighted by atomic mass is 9.81. The van der Waals surface area contributed by atoms with Gasteiger partial charge in [0.2, 0.25) is 5.91 Å². The molecular weight excluding hydrogens is 226 g/mol. The summed E-state index contributed by atoms with van der Waals surface area (Å²) in [4.78, 5) is 16.8. The van der Waals surface area contributed by atoms with Crippen molar-refractivity contribution in [3.05, 3.63) is 0 Å². The molecule has 4 heteroatoms. The molecule has 100 valence electrons. The Hall–Kier alpha value is -1.08. The molecule has 0 N–H and O–H groups in total. The van der Waals surface area contributed by atoms with Crippen LogP contribution in [-0.4, -0.2) is 48.4 Å².